The molecule has 1 aromatic carbocycles. The number of pyridine rings is 2. The van der Waals surface area contributed by atoms with Crippen molar-refractivity contribution in [3.63, 3.8) is 0 Å². The summed E-state index contributed by atoms with van der Waals surface area (Å²) in [6.07, 6.45) is 6.85. The van der Waals surface area contributed by atoms with Gasteiger partial charge in [-0.05, 0) is 67.5 Å². The number of allylic oxidation sites excluding steroid dienone is 3. The zero-order valence-corrected chi connectivity index (χ0v) is 25.8. The largest absolute Gasteiger partial charge is 0.446 e. The number of ether oxygens (including phenoxy) is 1. The van der Waals surface area contributed by atoms with Gasteiger partial charge in [0.2, 0.25) is 11.4 Å². The van der Waals surface area contributed by atoms with Gasteiger partial charge in [-0.2, -0.15) is 9.13 Å². The second kappa shape index (κ2) is 10.6. The minimum atomic E-state index is 0.0954. The van der Waals surface area contributed by atoms with E-state index in [-0.39, 0.29) is 23.9 Å². The Bertz CT molecular complexity index is 1700. The average molecular weight is 564 g/mol. The van der Waals surface area contributed by atoms with Gasteiger partial charge in [-0.3, -0.25) is 0 Å². The first-order chi connectivity index (χ1) is 19.7. The van der Waals surface area contributed by atoms with Crippen LogP contribution in [0.5, 0.6) is 0 Å². The van der Waals surface area contributed by atoms with E-state index in [2.05, 4.69) is 135 Å². The summed E-state index contributed by atoms with van der Waals surface area (Å²) in [4.78, 5) is 0. The normalized spacial score (nSPS) is 23.0. The van der Waals surface area contributed by atoms with Crippen molar-refractivity contribution in [3.05, 3.63) is 114 Å². The molecule has 5 heteroatoms. The van der Waals surface area contributed by atoms with Gasteiger partial charge in [0.05, 0.1) is 22.4 Å². The maximum absolute atomic E-state index is 6.36. The number of thiophene rings is 1. The summed E-state index contributed by atoms with van der Waals surface area (Å²) in [5.74, 6) is 2.76. The van der Waals surface area contributed by atoms with Gasteiger partial charge in [-0.25, -0.2) is 0 Å². The highest BCUT2D eigenvalue weighted by Gasteiger charge is 2.57. The Balaban J connectivity index is 1.67. The van der Waals surface area contributed by atoms with Crippen molar-refractivity contribution in [2.75, 3.05) is 7.05 Å². The van der Waals surface area contributed by atoms with Crippen molar-refractivity contribution in [1.82, 2.24) is 5.32 Å². The molecule has 0 bridgehead atoms. The zero-order valence-electron chi connectivity index (χ0n) is 25.0. The number of nitrogens with zero attached hydrogens (tertiary/aromatic N) is 2. The van der Waals surface area contributed by atoms with Crippen molar-refractivity contribution in [2.24, 2.45) is 17.8 Å². The number of nitrogens with one attached hydrogen (secondary N) is 1. The van der Waals surface area contributed by atoms with E-state index in [1.165, 1.54) is 43.7 Å². The molecule has 0 aliphatic carbocycles. The van der Waals surface area contributed by atoms with Gasteiger partial charge < -0.3 is 10.1 Å². The molecular formula is C36H41N3OS+2. The van der Waals surface area contributed by atoms with E-state index >= 15 is 0 Å². The average Bonchev–Trinajstić information content (AvgIpc) is 3.56. The van der Waals surface area contributed by atoms with Gasteiger partial charge in [0.25, 0.3) is 0 Å². The van der Waals surface area contributed by atoms with Crippen molar-refractivity contribution < 1.29 is 13.9 Å². The molecule has 2 aliphatic rings. The lowest BCUT2D eigenvalue weighted by molar-refractivity contribution is -0.752. The van der Waals surface area contributed by atoms with E-state index in [1.807, 2.05) is 7.05 Å². The third kappa shape index (κ3) is 4.42. The fourth-order valence-corrected chi connectivity index (χ4v) is 7.97. The maximum Gasteiger partial charge on any atom is 0.214 e. The molecule has 5 atom stereocenters. The van der Waals surface area contributed by atoms with E-state index in [9.17, 15) is 0 Å². The Morgan fingerprint density at radius 1 is 1.05 bits per heavy atom. The fourth-order valence-electron chi connectivity index (χ4n) is 7.17. The summed E-state index contributed by atoms with van der Waals surface area (Å²) in [6, 6.07) is 18.4. The monoisotopic (exact) mass is 563 g/mol. The predicted molar refractivity (Wildman–Crippen MR) is 169 cm³/mol. The number of aryl methyl sites for hydroxylation is 1. The first kappa shape index (κ1) is 27.5. The Morgan fingerprint density at radius 3 is 2.56 bits per heavy atom. The second-order valence-corrected chi connectivity index (χ2v) is 13.0. The third-order valence-electron chi connectivity index (χ3n) is 9.42. The molecule has 210 valence electrons. The van der Waals surface area contributed by atoms with E-state index in [1.54, 1.807) is 11.3 Å². The number of fused-ring (bicyclic) bond motifs is 5. The van der Waals surface area contributed by atoms with Crippen LogP contribution in [-0.2, 0) is 4.74 Å². The maximum atomic E-state index is 6.36. The molecule has 0 spiro atoms. The smallest absolute Gasteiger partial charge is 0.214 e. The first-order valence-electron chi connectivity index (χ1n) is 14.7. The standard InChI is InChI=1S/C36H41N3OS/c1-9-29-35(28-13-11-10-12-27(28)30-15-14-22(4)19-38(29)30)36-33(23(5)21(2)3)34(24(6)40-25(7)37-8)31-18-32-26(16-17-41-32)20-39(31)36/h9-21,23,29,33,35-37H,1,7H2,2-6,8H3/q+2/b34-24+/t23-,29?,33-,35?,36?/m0/s1. The summed E-state index contributed by atoms with van der Waals surface area (Å²) in [6.45, 7) is 19.9. The molecular weight excluding hydrogens is 522 g/mol. The number of rotatable bonds is 7. The van der Waals surface area contributed by atoms with Crippen LogP contribution in [0.4, 0.5) is 0 Å². The van der Waals surface area contributed by atoms with E-state index in [4.69, 9.17) is 4.74 Å². The molecule has 4 aromatic rings. The van der Waals surface area contributed by atoms with Crippen LogP contribution in [-0.4, -0.2) is 7.05 Å². The molecule has 0 saturated heterocycles. The first-order valence-corrected chi connectivity index (χ1v) is 15.5. The third-order valence-corrected chi connectivity index (χ3v) is 10.3. The van der Waals surface area contributed by atoms with Crippen molar-refractivity contribution in [3.8, 4) is 11.3 Å². The molecule has 0 amide bonds. The van der Waals surface area contributed by atoms with Gasteiger partial charge in [-0.1, -0.05) is 45.5 Å². The van der Waals surface area contributed by atoms with Crippen LogP contribution >= 0.6 is 11.3 Å². The lowest BCUT2D eigenvalue weighted by Crippen LogP contribution is -2.54. The molecule has 0 radical (unpaired) electrons. The van der Waals surface area contributed by atoms with Crippen LogP contribution in [0.1, 0.15) is 62.5 Å². The number of hydrogen-bond donors (Lipinski definition) is 1. The van der Waals surface area contributed by atoms with Gasteiger partial charge in [0, 0.05) is 29.4 Å². The number of aromatic nitrogens is 2. The molecule has 2 aliphatic heterocycles. The molecule has 1 N–H and O–H groups in total. The fraction of sp³-hybridized carbons (Fsp3) is 0.333. The van der Waals surface area contributed by atoms with Gasteiger partial charge in [0.15, 0.2) is 30.4 Å². The Labute approximate surface area is 248 Å². The summed E-state index contributed by atoms with van der Waals surface area (Å²) in [5, 5.41) is 6.55. The Kier molecular flexibility index (Phi) is 7.11. The zero-order chi connectivity index (χ0) is 29.0. The lowest BCUT2D eigenvalue weighted by atomic mass is 9.68. The minimum absolute atomic E-state index is 0.0954. The molecule has 3 unspecified atom stereocenters. The number of benzene rings is 1. The van der Waals surface area contributed by atoms with Gasteiger partial charge >= 0.3 is 0 Å². The van der Waals surface area contributed by atoms with E-state index in [0.717, 1.165) is 5.76 Å². The van der Waals surface area contributed by atoms with E-state index in [0.29, 0.717) is 17.7 Å². The van der Waals surface area contributed by atoms with Crippen LogP contribution in [0.15, 0.2) is 97.2 Å². The topological polar surface area (TPSA) is 29.0 Å². The number of hydrogen-bond acceptors (Lipinski definition) is 3. The minimum Gasteiger partial charge on any atom is -0.446 e. The summed E-state index contributed by atoms with van der Waals surface area (Å²) in [7, 11) is 1.86. The predicted octanol–water partition coefficient (Wildman–Crippen LogP) is 7.88. The molecule has 3 aromatic heterocycles. The van der Waals surface area contributed by atoms with E-state index < -0.39 is 0 Å². The quantitative estimate of drug-likeness (QED) is 0.141. The van der Waals surface area contributed by atoms with Crippen LogP contribution in [0.3, 0.4) is 0 Å². The second-order valence-electron chi connectivity index (χ2n) is 12.0. The molecule has 6 rings (SSSR count). The SMILES string of the molecule is C=CC1C(C2[C@@H]([C@@H](C)C(C)C)/C(=C(\C)OC(=C)NC)c3cc4sccc4c[n+]32)c2ccccc2-c2ccc(C)c[n+]21. The van der Waals surface area contributed by atoms with Gasteiger partial charge in [-0.15, -0.1) is 11.3 Å². The molecule has 0 fully saturated rings. The van der Waals surface area contributed by atoms with Crippen LogP contribution in [0, 0.1) is 24.7 Å². The van der Waals surface area contributed by atoms with Crippen molar-refractivity contribution >= 4 is 27.0 Å². The van der Waals surface area contributed by atoms with Crippen LogP contribution in [0.2, 0.25) is 0 Å². The van der Waals surface area contributed by atoms with Gasteiger partial charge in [0.1, 0.15) is 11.7 Å². The van der Waals surface area contributed by atoms with Crippen molar-refractivity contribution in [1.29, 1.82) is 0 Å². The Hall–Kier alpha value is -3.70. The molecule has 5 heterocycles. The van der Waals surface area contributed by atoms with Crippen molar-refractivity contribution in [2.45, 2.75) is 52.6 Å². The molecule has 0 saturated carbocycles. The summed E-state index contributed by atoms with van der Waals surface area (Å²) in [5.41, 5.74) is 7.71. The lowest BCUT2D eigenvalue weighted by Gasteiger charge is -2.35. The van der Waals surface area contributed by atoms with Crippen LogP contribution in [0.25, 0.3) is 26.9 Å². The van der Waals surface area contributed by atoms with Crippen LogP contribution < -0.4 is 14.5 Å². The summed E-state index contributed by atoms with van der Waals surface area (Å²) >= 11 is 1.80. The highest BCUT2D eigenvalue weighted by atomic mass is 32.1. The highest BCUT2D eigenvalue weighted by molar-refractivity contribution is 7.17. The molecule has 41 heavy (non-hydrogen) atoms. The Morgan fingerprint density at radius 2 is 1.83 bits per heavy atom. The molecule has 4 nitrogen and oxygen atoms in total. The summed E-state index contributed by atoms with van der Waals surface area (Å²) < 4.78 is 12.7. The highest BCUT2D eigenvalue weighted by Crippen LogP contribution is 2.54.